The highest BCUT2D eigenvalue weighted by Crippen LogP contribution is 2.37. The van der Waals surface area contributed by atoms with Gasteiger partial charge in [-0.3, -0.25) is 0 Å². The van der Waals surface area contributed by atoms with Crippen molar-refractivity contribution in [3.63, 3.8) is 0 Å². The van der Waals surface area contributed by atoms with E-state index in [0.29, 0.717) is 6.61 Å². The predicted octanol–water partition coefficient (Wildman–Crippen LogP) is 4.95. The summed E-state index contributed by atoms with van der Waals surface area (Å²) in [6.45, 7) is 0.580. The molecular formula is C23H31NO2. The molecule has 0 aromatic heterocycles. The molecule has 3 rings (SSSR count). The van der Waals surface area contributed by atoms with Crippen LogP contribution in [0.25, 0.3) is 0 Å². The van der Waals surface area contributed by atoms with Crippen molar-refractivity contribution in [2.45, 2.75) is 56.8 Å². The summed E-state index contributed by atoms with van der Waals surface area (Å²) in [7, 11) is 4.19. The van der Waals surface area contributed by atoms with E-state index in [2.05, 4.69) is 43.3 Å². The molecule has 0 radical (unpaired) electrons. The number of hydrogen-bond acceptors (Lipinski definition) is 3. The zero-order valence-electron chi connectivity index (χ0n) is 16.0. The molecule has 1 unspecified atom stereocenters. The lowest BCUT2D eigenvalue weighted by Crippen LogP contribution is -2.36. The van der Waals surface area contributed by atoms with Gasteiger partial charge >= 0.3 is 0 Å². The van der Waals surface area contributed by atoms with Crippen LogP contribution in [0.3, 0.4) is 0 Å². The van der Waals surface area contributed by atoms with Crippen molar-refractivity contribution in [3.05, 3.63) is 65.7 Å². The molecule has 1 N–H and O–H groups in total. The number of hydrogen-bond donors (Lipinski definition) is 1. The molecule has 0 aliphatic heterocycles. The summed E-state index contributed by atoms with van der Waals surface area (Å²) in [5, 5.41) is 11.0. The molecule has 1 saturated carbocycles. The van der Waals surface area contributed by atoms with E-state index < -0.39 is 5.60 Å². The van der Waals surface area contributed by atoms with E-state index in [1.807, 2.05) is 30.3 Å². The summed E-state index contributed by atoms with van der Waals surface area (Å²) in [4.78, 5) is 2.21. The van der Waals surface area contributed by atoms with E-state index in [1.54, 1.807) is 0 Å². The van der Waals surface area contributed by atoms with Gasteiger partial charge in [0.15, 0.2) is 0 Å². The Morgan fingerprint density at radius 1 is 0.962 bits per heavy atom. The first-order chi connectivity index (χ1) is 12.6. The van der Waals surface area contributed by atoms with E-state index in [-0.39, 0.29) is 6.04 Å². The van der Waals surface area contributed by atoms with Gasteiger partial charge in [-0.25, -0.2) is 0 Å². The first-order valence-corrected chi connectivity index (χ1v) is 9.71. The third-order valence-electron chi connectivity index (χ3n) is 5.49. The van der Waals surface area contributed by atoms with E-state index in [9.17, 15) is 5.11 Å². The van der Waals surface area contributed by atoms with Gasteiger partial charge in [-0.05, 0) is 56.6 Å². The van der Waals surface area contributed by atoms with Crippen molar-refractivity contribution in [2.75, 3.05) is 14.1 Å². The van der Waals surface area contributed by atoms with Gasteiger partial charge in [-0.1, -0.05) is 61.7 Å². The molecule has 0 amide bonds. The minimum Gasteiger partial charge on any atom is -0.489 e. The maximum atomic E-state index is 11.0. The molecule has 0 bridgehead atoms. The molecule has 0 spiro atoms. The molecule has 3 nitrogen and oxygen atoms in total. The van der Waals surface area contributed by atoms with Crippen molar-refractivity contribution < 1.29 is 9.84 Å². The van der Waals surface area contributed by atoms with Gasteiger partial charge in [0.05, 0.1) is 5.60 Å². The highest BCUT2D eigenvalue weighted by molar-refractivity contribution is 5.30. The Morgan fingerprint density at radius 2 is 1.62 bits per heavy atom. The summed E-state index contributed by atoms with van der Waals surface area (Å²) in [6, 6.07) is 18.8. The quantitative estimate of drug-likeness (QED) is 0.764. The fraction of sp³-hybridized carbons (Fsp3) is 0.478. The third-order valence-corrected chi connectivity index (χ3v) is 5.49. The van der Waals surface area contributed by atoms with Crippen LogP contribution < -0.4 is 4.74 Å². The zero-order chi connectivity index (χ0) is 18.4. The highest BCUT2D eigenvalue weighted by atomic mass is 16.5. The lowest BCUT2D eigenvalue weighted by atomic mass is 9.79. The summed E-state index contributed by atoms with van der Waals surface area (Å²) in [6.07, 6.45) is 6.18. The van der Waals surface area contributed by atoms with E-state index in [0.717, 1.165) is 37.9 Å². The Kier molecular flexibility index (Phi) is 6.33. The van der Waals surface area contributed by atoms with Gasteiger partial charge in [0, 0.05) is 6.04 Å². The Morgan fingerprint density at radius 3 is 2.23 bits per heavy atom. The third kappa shape index (κ3) is 5.09. The van der Waals surface area contributed by atoms with Crippen molar-refractivity contribution in [1.29, 1.82) is 0 Å². The Hall–Kier alpha value is -1.84. The van der Waals surface area contributed by atoms with Crippen molar-refractivity contribution in [1.82, 2.24) is 4.90 Å². The van der Waals surface area contributed by atoms with E-state index in [1.165, 1.54) is 17.5 Å². The van der Waals surface area contributed by atoms with Crippen LogP contribution in [-0.2, 0) is 6.61 Å². The monoisotopic (exact) mass is 353 g/mol. The summed E-state index contributed by atoms with van der Waals surface area (Å²) >= 11 is 0. The Bertz CT molecular complexity index is 660. The molecule has 1 atom stereocenters. The van der Waals surface area contributed by atoms with Crippen LogP contribution in [0.5, 0.6) is 5.75 Å². The molecule has 26 heavy (non-hydrogen) atoms. The SMILES string of the molecule is CN(C)C(CC1(O)CCCCC1)c1ccc(OCc2ccccc2)cc1. The summed E-state index contributed by atoms with van der Waals surface area (Å²) < 4.78 is 5.89. The summed E-state index contributed by atoms with van der Waals surface area (Å²) in [5.74, 6) is 0.881. The fourth-order valence-electron chi connectivity index (χ4n) is 3.90. The smallest absolute Gasteiger partial charge is 0.119 e. The Labute approximate surface area is 157 Å². The fourth-order valence-corrected chi connectivity index (χ4v) is 3.90. The topological polar surface area (TPSA) is 32.7 Å². The minimum absolute atomic E-state index is 0.223. The average molecular weight is 354 g/mol. The summed E-state index contributed by atoms with van der Waals surface area (Å²) in [5.41, 5.74) is 1.89. The first-order valence-electron chi connectivity index (χ1n) is 9.71. The lowest BCUT2D eigenvalue weighted by Gasteiger charge is -2.37. The van der Waals surface area contributed by atoms with Crippen LogP contribution in [0, 0.1) is 0 Å². The molecular weight excluding hydrogens is 322 g/mol. The van der Waals surface area contributed by atoms with Crippen LogP contribution in [0.15, 0.2) is 54.6 Å². The largest absolute Gasteiger partial charge is 0.489 e. The van der Waals surface area contributed by atoms with Gasteiger partial charge < -0.3 is 14.7 Å². The maximum absolute atomic E-state index is 11.0. The molecule has 0 heterocycles. The number of nitrogens with zero attached hydrogens (tertiary/aromatic N) is 1. The number of benzene rings is 2. The molecule has 140 valence electrons. The van der Waals surface area contributed by atoms with Crippen LogP contribution in [0.4, 0.5) is 0 Å². The van der Waals surface area contributed by atoms with Gasteiger partial charge in [-0.15, -0.1) is 0 Å². The van der Waals surface area contributed by atoms with E-state index >= 15 is 0 Å². The standard InChI is InChI=1S/C23H31NO2/c1-24(2)22(17-23(25)15-7-4-8-16-23)20-11-13-21(14-12-20)26-18-19-9-5-3-6-10-19/h3,5-6,9-14,22,25H,4,7-8,15-18H2,1-2H3. The minimum atomic E-state index is -0.518. The van der Waals surface area contributed by atoms with Gasteiger partial charge in [-0.2, -0.15) is 0 Å². The molecule has 1 fully saturated rings. The van der Waals surface area contributed by atoms with Crippen molar-refractivity contribution >= 4 is 0 Å². The Balaban J connectivity index is 1.64. The molecule has 3 heteroatoms. The molecule has 0 saturated heterocycles. The number of aliphatic hydroxyl groups is 1. The van der Waals surface area contributed by atoms with E-state index in [4.69, 9.17) is 4.74 Å². The van der Waals surface area contributed by atoms with Gasteiger partial charge in [0.1, 0.15) is 12.4 Å². The van der Waals surface area contributed by atoms with Crippen LogP contribution in [-0.4, -0.2) is 29.7 Å². The molecule has 2 aromatic carbocycles. The van der Waals surface area contributed by atoms with Crippen LogP contribution >= 0.6 is 0 Å². The number of rotatable bonds is 7. The molecule has 2 aromatic rings. The maximum Gasteiger partial charge on any atom is 0.119 e. The highest BCUT2D eigenvalue weighted by Gasteiger charge is 2.33. The van der Waals surface area contributed by atoms with Gasteiger partial charge in [0.25, 0.3) is 0 Å². The second-order valence-corrected chi connectivity index (χ2v) is 7.81. The second kappa shape index (κ2) is 8.70. The van der Waals surface area contributed by atoms with Crippen molar-refractivity contribution in [3.8, 4) is 5.75 Å². The normalized spacial score (nSPS) is 17.8. The van der Waals surface area contributed by atoms with Crippen LogP contribution in [0.1, 0.15) is 55.7 Å². The predicted molar refractivity (Wildman–Crippen MR) is 106 cm³/mol. The van der Waals surface area contributed by atoms with Gasteiger partial charge in [0.2, 0.25) is 0 Å². The lowest BCUT2D eigenvalue weighted by molar-refractivity contribution is -0.0227. The average Bonchev–Trinajstić information content (AvgIpc) is 2.66. The second-order valence-electron chi connectivity index (χ2n) is 7.81. The zero-order valence-corrected chi connectivity index (χ0v) is 16.0. The van der Waals surface area contributed by atoms with Crippen LogP contribution in [0.2, 0.25) is 0 Å². The number of ether oxygens (including phenoxy) is 1. The molecule has 1 aliphatic rings. The van der Waals surface area contributed by atoms with Crippen molar-refractivity contribution in [2.24, 2.45) is 0 Å². The molecule has 1 aliphatic carbocycles. The first kappa shape index (κ1) is 18.9.